The summed E-state index contributed by atoms with van der Waals surface area (Å²) < 4.78 is 18.5. The highest BCUT2D eigenvalue weighted by Gasteiger charge is 2.17. The number of aliphatic hydroxyl groups excluding tert-OH is 1. The summed E-state index contributed by atoms with van der Waals surface area (Å²) >= 11 is 0. The predicted octanol–water partition coefficient (Wildman–Crippen LogP) is 2.24. The van der Waals surface area contributed by atoms with E-state index in [0.29, 0.717) is 12.2 Å². The highest BCUT2D eigenvalue weighted by molar-refractivity contribution is 5.42. The van der Waals surface area contributed by atoms with Gasteiger partial charge < -0.3 is 9.84 Å². The molecule has 0 saturated carbocycles. The van der Waals surface area contributed by atoms with Crippen LogP contribution in [0.2, 0.25) is 0 Å². The summed E-state index contributed by atoms with van der Waals surface area (Å²) in [6, 6.07) is 6.83. The maximum atomic E-state index is 13.1. The molecule has 0 fully saturated rings. The number of fused-ring (bicyclic) bond motifs is 1. The second-order valence-electron chi connectivity index (χ2n) is 4.30. The van der Waals surface area contributed by atoms with Crippen LogP contribution in [0.4, 0.5) is 4.39 Å². The summed E-state index contributed by atoms with van der Waals surface area (Å²) in [6.45, 7) is 0.677. The van der Waals surface area contributed by atoms with Crippen molar-refractivity contribution in [3.05, 3.63) is 59.2 Å². The van der Waals surface area contributed by atoms with Crippen molar-refractivity contribution in [3.8, 4) is 5.75 Å². The van der Waals surface area contributed by atoms with E-state index in [0.717, 1.165) is 29.5 Å². The van der Waals surface area contributed by atoms with Gasteiger partial charge in [-0.25, -0.2) is 4.39 Å². The van der Waals surface area contributed by atoms with Gasteiger partial charge in [0, 0.05) is 18.2 Å². The van der Waals surface area contributed by atoms with Gasteiger partial charge in [-0.2, -0.15) is 0 Å². The highest BCUT2D eigenvalue weighted by atomic mass is 19.1. The summed E-state index contributed by atoms with van der Waals surface area (Å²) in [7, 11) is 0. The van der Waals surface area contributed by atoms with Gasteiger partial charge in [-0.05, 0) is 29.3 Å². The fraction of sp³-hybridized carbons (Fsp3) is 0.214. The Labute approximate surface area is 104 Å². The molecule has 1 N–H and O–H groups in total. The van der Waals surface area contributed by atoms with Crippen LogP contribution in [0, 0.1) is 5.82 Å². The van der Waals surface area contributed by atoms with Gasteiger partial charge in [0.15, 0.2) is 0 Å². The lowest BCUT2D eigenvalue weighted by Gasteiger charge is -2.12. The quantitative estimate of drug-likeness (QED) is 0.882. The minimum absolute atomic E-state index is 0.448. The van der Waals surface area contributed by atoms with Gasteiger partial charge >= 0.3 is 0 Å². The number of hydrogen-bond acceptors (Lipinski definition) is 3. The minimum Gasteiger partial charge on any atom is -0.493 e. The fourth-order valence-corrected chi connectivity index (χ4v) is 2.15. The molecule has 18 heavy (non-hydrogen) atoms. The van der Waals surface area contributed by atoms with Gasteiger partial charge in [0.2, 0.25) is 0 Å². The van der Waals surface area contributed by atoms with Crippen LogP contribution >= 0.6 is 0 Å². The molecule has 1 aromatic carbocycles. The summed E-state index contributed by atoms with van der Waals surface area (Å²) in [4.78, 5) is 3.74. The monoisotopic (exact) mass is 245 g/mol. The van der Waals surface area contributed by atoms with Crippen molar-refractivity contribution in [2.45, 2.75) is 12.5 Å². The average molecular weight is 245 g/mol. The van der Waals surface area contributed by atoms with Gasteiger partial charge in [0.05, 0.1) is 12.8 Å². The molecule has 1 atom stereocenters. The Morgan fingerprint density at radius 2 is 2.11 bits per heavy atom. The van der Waals surface area contributed by atoms with Gasteiger partial charge in [0.25, 0.3) is 0 Å². The first kappa shape index (κ1) is 11.2. The molecule has 0 aliphatic carbocycles. The van der Waals surface area contributed by atoms with Crippen molar-refractivity contribution in [1.82, 2.24) is 4.98 Å². The Balaban J connectivity index is 1.95. The first-order valence-electron chi connectivity index (χ1n) is 5.78. The number of hydrogen-bond donors (Lipinski definition) is 1. The van der Waals surface area contributed by atoms with Crippen LogP contribution in [0.3, 0.4) is 0 Å². The number of nitrogens with zero attached hydrogens (tertiary/aromatic N) is 1. The van der Waals surface area contributed by atoms with Gasteiger partial charge in [-0.1, -0.05) is 6.07 Å². The molecule has 0 bridgehead atoms. The first-order valence-corrected chi connectivity index (χ1v) is 5.78. The third-order valence-corrected chi connectivity index (χ3v) is 3.07. The first-order chi connectivity index (χ1) is 8.74. The maximum absolute atomic E-state index is 13.1. The zero-order valence-electron chi connectivity index (χ0n) is 9.64. The summed E-state index contributed by atoms with van der Waals surface area (Å²) in [5, 5.41) is 10.2. The van der Waals surface area contributed by atoms with E-state index in [1.165, 1.54) is 12.3 Å². The van der Waals surface area contributed by atoms with Crippen LogP contribution in [0.15, 0.2) is 36.7 Å². The van der Waals surface area contributed by atoms with Gasteiger partial charge in [-0.3, -0.25) is 4.98 Å². The smallest absolute Gasteiger partial charge is 0.141 e. The van der Waals surface area contributed by atoms with Crippen molar-refractivity contribution in [3.63, 3.8) is 0 Å². The number of rotatable bonds is 2. The molecule has 0 radical (unpaired) electrons. The SMILES string of the molecule is OC(c1cncc(F)c1)c1ccc2c(c1)CCO2. The zero-order valence-corrected chi connectivity index (χ0v) is 9.64. The summed E-state index contributed by atoms with van der Waals surface area (Å²) in [5.41, 5.74) is 2.26. The van der Waals surface area contributed by atoms with Crippen LogP contribution in [0.25, 0.3) is 0 Å². The number of pyridine rings is 1. The standard InChI is InChI=1S/C14H12FNO2/c15-12-6-11(7-16-8-12)14(17)10-1-2-13-9(5-10)3-4-18-13/h1-2,5-8,14,17H,3-4H2. The molecule has 1 unspecified atom stereocenters. The maximum Gasteiger partial charge on any atom is 0.141 e. The van der Waals surface area contributed by atoms with Crippen LogP contribution in [0.5, 0.6) is 5.75 Å². The van der Waals surface area contributed by atoms with Crippen molar-refractivity contribution >= 4 is 0 Å². The second kappa shape index (κ2) is 4.38. The van der Waals surface area contributed by atoms with Gasteiger partial charge in [0.1, 0.15) is 17.7 Å². The molecule has 1 aliphatic heterocycles. The Bertz CT molecular complexity index is 586. The minimum atomic E-state index is -0.862. The van der Waals surface area contributed by atoms with Crippen molar-refractivity contribution in [1.29, 1.82) is 0 Å². The summed E-state index contributed by atoms with van der Waals surface area (Å²) in [6.07, 6.45) is 2.57. The van der Waals surface area contributed by atoms with E-state index in [4.69, 9.17) is 4.74 Å². The van der Waals surface area contributed by atoms with Crippen LogP contribution < -0.4 is 4.74 Å². The number of benzene rings is 1. The Morgan fingerprint density at radius 1 is 1.22 bits per heavy atom. The number of halogens is 1. The molecular weight excluding hydrogens is 233 g/mol. The van der Waals surface area contributed by atoms with E-state index in [9.17, 15) is 9.50 Å². The Hall–Kier alpha value is -1.94. The molecule has 2 heterocycles. The largest absolute Gasteiger partial charge is 0.493 e. The lowest BCUT2D eigenvalue weighted by molar-refractivity contribution is 0.219. The van der Waals surface area contributed by atoms with E-state index in [1.54, 1.807) is 6.07 Å². The van der Waals surface area contributed by atoms with E-state index >= 15 is 0 Å². The van der Waals surface area contributed by atoms with Crippen molar-refractivity contribution < 1.29 is 14.2 Å². The Kier molecular flexibility index (Phi) is 2.72. The van der Waals surface area contributed by atoms with Crippen molar-refractivity contribution in [2.24, 2.45) is 0 Å². The van der Waals surface area contributed by atoms with Crippen molar-refractivity contribution in [2.75, 3.05) is 6.61 Å². The average Bonchev–Trinajstić information content (AvgIpc) is 2.85. The van der Waals surface area contributed by atoms with Crippen LogP contribution in [-0.4, -0.2) is 16.7 Å². The van der Waals surface area contributed by atoms with Gasteiger partial charge in [-0.15, -0.1) is 0 Å². The third-order valence-electron chi connectivity index (χ3n) is 3.07. The zero-order chi connectivity index (χ0) is 12.5. The molecule has 3 nitrogen and oxygen atoms in total. The molecule has 3 rings (SSSR count). The number of ether oxygens (including phenoxy) is 1. The molecule has 1 aliphatic rings. The molecule has 0 saturated heterocycles. The van der Waals surface area contributed by atoms with E-state index in [1.807, 2.05) is 12.1 Å². The highest BCUT2D eigenvalue weighted by Crippen LogP contribution is 2.30. The third kappa shape index (κ3) is 1.95. The molecule has 2 aromatic rings. The van der Waals surface area contributed by atoms with E-state index in [-0.39, 0.29) is 0 Å². The molecule has 1 aromatic heterocycles. The molecule has 0 spiro atoms. The topological polar surface area (TPSA) is 42.4 Å². The lowest BCUT2D eigenvalue weighted by atomic mass is 10.00. The number of aromatic nitrogens is 1. The number of aliphatic hydroxyl groups is 1. The van der Waals surface area contributed by atoms with Crippen LogP contribution in [-0.2, 0) is 6.42 Å². The van der Waals surface area contributed by atoms with E-state index < -0.39 is 11.9 Å². The second-order valence-corrected chi connectivity index (χ2v) is 4.30. The normalized spacial score (nSPS) is 15.0. The molecule has 0 amide bonds. The lowest BCUT2D eigenvalue weighted by Crippen LogP contribution is -2.01. The predicted molar refractivity (Wildman–Crippen MR) is 63.9 cm³/mol. The molecular formula is C14H12FNO2. The molecule has 92 valence electrons. The molecule has 4 heteroatoms. The Morgan fingerprint density at radius 3 is 2.94 bits per heavy atom. The van der Waals surface area contributed by atoms with Crippen LogP contribution in [0.1, 0.15) is 22.8 Å². The van der Waals surface area contributed by atoms with E-state index in [2.05, 4.69) is 4.98 Å². The summed E-state index contributed by atoms with van der Waals surface area (Å²) in [5.74, 6) is 0.416. The fourth-order valence-electron chi connectivity index (χ4n) is 2.15.